The van der Waals surface area contributed by atoms with Crippen LogP contribution in [0.15, 0.2) is 35.2 Å². The van der Waals surface area contributed by atoms with Crippen molar-refractivity contribution < 1.29 is 13.2 Å². The number of hydrazine groups is 1. The molecule has 2 aromatic rings. The van der Waals surface area contributed by atoms with Gasteiger partial charge < -0.3 is 0 Å². The fourth-order valence-corrected chi connectivity index (χ4v) is 4.11. The lowest BCUT2D eigenvalue weighted by Gasteiger charge is -2.14. The largest absolute Gasteiger partial charge is 0.295 e. The minimum Gasteiger partial charge on any atom is -0.295 e. The van der Waals surface area contributed by atoms with Crippen molar-refractivity contribution in [3.05, 3.63) is 56.5 Å². The topological polar surface area (TPSA) is 87.3 Å². The average molecular weight is 437 g/mol. The van der Waals surface area contributed by atoms with Crippen LogP contribution in [0.2, 0.25) is 15.1 Å². The molecule has 6 nitrogen and oxygen atoms in total. The van der Waals surface area contributed by atoms with Crippen LogP contribution in [0, 0.1) is 6.92 Å². The molecule has 1 amide bonds. The van der Waals surface area contributed by atoms with Gasteiger partial charge in [0, 0.05) is 17.1 Å². The monoisotopic (exact) mass is 435 g/mol. The number of benzene rings is 2. The minimum absolute atomic E-state index is 0.00217. The van der Waals surface area contributed by atoms with E-state index in [0.29, 0.717) is 10.6 Å². The highest BCUT2D eigenvalue weighted by Crippen LogP contribution is 2.33. The van der Waals surface area contributed by atoms with E-state index in [1.165, 1.54) is 24.3 Å². The molecule has 26 heavy (non-hydrogen) atoms. The first kappa shape index (κ1) is 20.8. The number of hydrogen-bond acceptors (Lipinski definition) is 4. The summed E-state index contributed by atoms with van der Waals surface area (Å²) >= 11 is 17.9. The third kappa shape index (κ3) is 4.81. The Balaban J connectivity index is 2.25. The van der Waals surface area contributed by atoms with E-state index in [1.807, 2.05) is 0 Å². The lowest BCUT2D eigenvalue weighted by Crippen LogP contribution is -2.31. The zero-order valence-corrected chi connectivity index (χ0v) is 16.9. The molecule has 2 rings (SSSR count). The number of anilines is 1. The number of carbonyl (C=O) groups is 1. The molecule has 140 valence electrons. The van der Waals surface area contributed by atoms with E-state index in [2.05, 4.69) is 15.6 Å². The molecule has 0 spiro atoms. The Morgan fingerprint density at radius 3 is 2.27 bits per heavy atom. The van der Waals surface area contributed by atoms with Crippen LogP contribution in [0.3, 0.4) is 0 Å². The molecule has 0 radical (unpaired) electrons. The summed E-state index contributed by atoms with van der Waals surface area (Å²) in [5.41, 5.74) is 6.16. The molecule has 10 heteroatoms. The first-order chi connectivity index (χ1) is 12.2. The van der Waals surface area contributed by atoms with Crippen LogP contribution in [0.5, 0.6) is 0 Å². The van der Waals surface area contributed by atoms with Crippen molar-refractivity contribution in [2.45, 2.75) is 18.7 Å². The van der Waals surface area contributed by atoms with E-state index in [9.17, 15) is 13.2 Å². The van der Waals surface area contributed by atoms with E-state index in [1.54, 1.807) is 19.9 Å². The average Bonchev–Trinajstić information content (AvgIpc) is 2.53. The van der Waals surface area contributed by atoms with E-state index in [0.717, 1.165) is 0 Å². The fraction of sp³-hybridized carbons (Fsp3) is 0.188. The molecule has 0 fully saturated rings. The van der Waals surface area contributed by atoms with Crippen molar-refractivity contribution in [3.8, 4) is 0 Å². The Morgan fingerprint density at radius 2 is 1.69 bits per heavy atom. The van der Waals surface area contributed by atoms with Gasteiger partial charge in [-0.1, -0.05) is 47.8 Å². The molecule has 0 unspecified atom stereocenters. The number of carbonyl (C=O) groups excluding carboxylic acids is 1. The number of amides is 1. The molecule has 0 aromatic heterocycles. The number of rotatable bonds is 6. The Labute approximate surface area is 166 Å². The second-order valence-electron chi connectivity index (χ2n) is 5.30. The maximum Gasteiger partial charge on any atom is 0.269 e. The molecular weight excluding hydrogens is 421 g/mol. The van der Waals surface area contributed by atoms with Crippen LogP contribution in [0.25, 0.3) is 0 Å². The van der Waals surface area contributed by atoms with Crippen molar-refractivity contribution >= 4 is 56.4 Å². The fourth-order valence-electron chi connectivity index (χ4n) is 2.13. The molecule has 0 heterocycles. The van der Waals surface area contributed by atoms with Gasteiger partial charge in [0.25, 0.3) is 5.91 Å². The minimum atomic E-state index is -3.68. The Kier molecular flexibility index (Phi) is 6.76. The smallest absolute Gasteiger partial charge is 0.269 e. The third-order valence-electron chi connectivity index (χ3n) is 3.41. The van der Waals surface area contributed by atoms with E-state index in [-0.39, 0.29) is 32.7 Å². The van der Waals surface area contributed by atoms with Gasteiger partial charge in [-0.05, 0) is 36.8 Å². The maximum atomic E-state index is 12.5. The second kappa shape index (κ2) is 8.45. The molecule has 0 aliphatic rings. The van der Waals surface area contributed by atoms with Gasteiger partial charge in [0.05, 0.1) is 20.6 Å². The van der Waals surface area contributed by atoms with Crippen molar-refractivity contribution in [3.63, 3.8) is 0 Å². The highest BCUT2D eigenvalue weighted by molar-refractivity contribution is 7.89. The van der Waals surface area contributed by atoms with Crippen LogP contribution in [0.1, 0.15) is 22.8 Å². The number of nitrogens with one attached hydrogen (secondary N) is 3. The quantitative estimate of drug-likeness (QED) is 0.597. The van der Waals surface area contributed by atoms with E-state index in [4.69, 9.17) is 34.8 Å². The highest BCUT2D eigenvalue weighted by atomic mass is 35.5. The summed E-state index contributed by atoms with van der Waals surface area (Å²) in [6, 6.07) is 7.23. The van der Waals surface area contributed by atoms with E-state index < -0.39 is 15.9 Å². The molecule has 0 atom stereocenters. The van der Waals surface area contributed by atoms with Gasteiger partial charge in [0.2, 0.25) is 10.0 Å². The lowest BCUT2D eigenvalue weighted by molar-refractivity contribution is 0.0962. The molecule has 0 aliphatic carbocycles. The third-order valence-corrected chi connectivity index (χ3v) is 5.76. The lowest BCUT2D eigenvalue weighted by atomic mass is 10.1. The summed E-state index contributed by atoms with van der Waals surface area (Å²) in [7, 11) is -3.68. The van der Waals surface area contributed by atoms with Crippen molar-refractivity contribution in [1.29, 1.82) is 0 Å². The van der Waals surface area contributed by atoms with Gasteiger partial charge in [-0.25, -0.2) is 13.1 Å². The summed E-state index contributed by atoms with van der Waals surface area (Å²) in [5.74, 6) is -0.543. The van der Waals surface area contributed by atoms with Crippen molar-refractivity contribution in [2.24, 2.45) is 0 Å². The molecule has 0 saturated carbocycles. The van der Waals surface area contributed by atoms with Gasteiger partial charge in [0.1, 0.15) is 0 Å². The molecule has 3 N–H and O–H groups in total. The molecule has 2 aromatic carbocycles. The van der Waals surface area contributed by atoms with Crippen LogP contribution in [-0.2, 0) is 10.0 Å². The first-order valence-corrected chi connectivity index (χ1v) is 10.1. The molecule has 0 saturated heterocycles. The second-order valence-corrected chi connectivity index (χ2v) is 8.32. The Morgan fingerprint density at radius 1 is 1.08 bits per heavy atom. The summed E-state index contributed by atoms with van der Waals surface area (Å²) in [6.45, 7) is 3.61. The molecule has 0 bridgehead atoms. The number of aryl methyl sites for hydroxylation is 1. The van der Waals surface area contributed by atoms with Gasteiger partial charge in [-0.2, -0.15) is 0 Å². The van der Waals surface area contributed by atoms with Crippen molar-refractivity contribution in [2.75, 3.05) is 12.0 Å². The first-order valence-electron chi connectivity index (χ1n) is 7.47. The normalized spacial score (nSPS) is 11.3. The van der Waals surface area contributed by atoms with Gasteiger partial charge >= 0.3 is 0 Å². The summed E-state index contributed by atoms with van der Waals surface area (Å²) in [4.78, 5) is 12.5. The van der Waals surface area contributed by atoms with Gasteiger partial charge in [-0.3, -0.25) is 15.6 Å². The Hall–Kier alpha value is -1.51. The van der Waals surface area contributed by atoms with Gasteiger partial charge in [0.15, 0.2) is 0 Å². The predicted octanol–water partition coefficient (Wildman–Crippen LogP) is 4.01. The molecule has 0 aliphatic heterocycles. The summed E-state index contributed by atoms with van der Waals surface area (Å²) in [6.07, 6.45) is 0. The van der Waals surface area contributed by atoms with Crippen LogP contribution in [0.4, 0.5) is 5.69 Å². The SMILES string of the molecule is CCNS(=O)(=O)c1ccc(C)c(C(=O)NNc2c(Cl)cc(Cl)cc2Cl)c1. The number of halogens is 3. The van der Waals surface area contributed by atoms with Crippen LogP contribution in [-0.4, -0.2) is 20.9 Å². The van der Waals surface area contributed by atoms with E-state index >= 15 is 0 Å². The standard InChI is InChI=1S/C16H16Cl3N3O3S/c1-3-20-26(24,25)11-5-4-9(2)12(8-11)16(23)22-21-15-13(18)6-10(17)7-14(15)19/h4-8,20-21H,3H2,1-2H3,(H,22,23). The van der Waals surface area contributed by atoms with Crippen LogP contribution >= 0.6 is 34.8 Å². The Bertz CT molecular complexity index is 926. The predicted molar refractivity (Wildman–Crippen MR) is 105 cm³/mol. The zero-order valence-electron chi connectivity index (χ0n) is 13.9. The van der Waals surface area contributed by atoms with Crippen LogP contribution < -0.4 is 15.6 Å². The zero-order chi connectivity index (χ0) is 19.5. The molecular formula is C16H16Cl3N3O3S. The number of hydrogen-bond donors (Lipinski definition) is 3. The number of sulfonamides is 1. The summed E-state index contributed by atoms with van der Waals surface area (Å²) < 4.78 is 26.6. The highest BCUT2D eigenvalue weighted by Gasteiger charge is 2.18. The summed E-state index contributed by atoms with van der Waals surface area (Å²) in [5, 5.41) is 0.806. The maximum absolute atomic E-state index is 12.5. The van der Waals surface area contributed by atoms with Gasteiger partial charge in [-0.15, -0.1) is 0 Å². The van der Waals surface area contributed by atoms with Crippen molar-refractivity contribution in [1.82, 2.24) is 10.1 Å².